The largest absolute Gasteiger partial charge is 0.351 e. The van der Waals surface area contributed by atoms with Crippen LogP contribution in [0.4, 0.5) is 16.2 Å². The lowest BCUT2D eigenvalue weighted by molar-refractivity contribution is 0.256. The Bertz CT molecular complexity index is 741. The molecule has 0 spiro atoms. The highest BCUT2D eigenvalue weighted by atomic mass is 16.2. The van der Waals surface area contributed by atoms with Gasteiger partial charge in [0.05, 0.1) is 11.4 Å². The second kappa shape index (κ2) is 5.41. The van der Waals surface area contributed by atoms with Gasteiger partial charge in [-0.15, -0.1) is 10.2 Å². The van der Waals surface area contributed by atoms with Crippen LogP contribution in [0.3, 0.4) is 0 Å². The van der Waals surface area contributed by atoms with Crippen LogP contribution in [0.5, 0.6) is 0 Å². The Hall–Kier alpha value is -3.22. The van der Waals surface area contributed by atoms with E-state index in [9.17, 15) is 4.79 Å². The van der Waals surface area contributed by atoms with E-state index in [1.54, 1.807) is 24.3 Å². The molecule has 0 unspecified atom stereocenters. The van der Waals surface area contributed by atoms with E-state index in [1.807, 2.05) is 30.3 Å². The van der Waals surface area contributed by atoms with Gasteiger partial charge in [0.2, 0.25) is 5.82 Å². The third-order valence-corrected chi connectivity index (χ3v) is 2.97. The van der Waals surface area contributed by atoms with Gasteiger partial charge in [-0.3, -0.25) is 4.90 Å². The number of hydrogen-bond acceptors (Lipinski definition) is 4. The van der Waals surface area contributed by atoms with Crippen LogP contribution in [-0.4, -0.2) is 26.7 Å². The molecule has 0 atom stereocenters. The molecular weight excluding hydrogens is 268 g/mol. The summed E-state index contributed by atoms with van der Waals surface area (Å²) in [7, 11) is 0. The fraction of sp³-hybridized carbons (Fsp3) is 0. The number of aromatic amines is 1. The summed E-state index contributed by atoms with van der Waals surface area (Å²) in [4.78, 5) is 13.3. The highest BCUT2D eigenvalue weighted by molar-refractivity contribution is 6.01. The predicted molar refractivity (Wildman–Crippen MR) is 77.8 cm³/mol. The SMILES string of the molecule is NC(=O)N(c1ccccc1)c1ccccc1-c1nn[nH]n1. The highest BCUT2D eigenvalue weighted by Crippen LogP contribution is 2.32. The molecule has 104 valence electrons. The van der Waals surface area contributed by atoms with Crippen LogP contribution in [0.1, 0.15) is 0 Å². The van der Waals surface area contributed by atoms with Gasteiger partial charge in [0, 0.05) is 5.56 Å². The number of rotatable bonds is 3. The van der Waals surface area contributed by atoms with Gasteiger partial charge >= 0.3 is 6.03 Å². The van der Waals surface area contributed by atoms with Gasteiger partial charge in [-0.1, -0.05) is 30.3 Å². The average molecular weight is 280 g/mol. The average Bonchev–Trinajstić information content (AvgIpc) is 3.03. The van der Waals surface area contributed by atoms with Gasteiger partial charge in [0.15, 0.2) is 0 Å². The number of carbonyl (C=O) groups excluding carboxylic acids is 1. The Kier molecular flexibility index (Phi) is 3.30. The predicted octanol–water partition coefficient (Wildman–Crippen LogP) is 2.08. The summed E-state index contributed by atoms with van der Waals surface area (Å²) in [6.45, 7) is 0. The first-order valence-corrected chi connectivity index (χ1v) is 6.25. The summed E-state index contributed by atoms with van der Waals surface area (Å²) in [5.41, 5.74) is 7.47. The number of tetrazole rings is 1. The van der Waals surface area contributed by atoms with Gasteiger partial charge in [-0.05, 0) is 29.5 Å². The second-order valence-electron chi connectivity index (χ2n) is 4.26. The van der Waals surface area contributed by atoms with Crippen molar-refractivity contribution in [1.82, 2.24) is 20.6 Å². The smallest absolute Gasteiger partial charge is 0.323 e. The molecule has 1 heterocycles. The number of H-pyrrole nitrogens is 1. The minimum atomic E-state index is -0.586. The van der Waals surface area contributed by atoms with E-state index in [-0.39, 0.29) is 0 Å². The molecule has 0 saturated heterocycles. The number of anilines is 2. The molecule has 21 heavy (non-hydrogen) atoms. The van der Waals surface area contributed by atoms with Crippen LogP contribution in [0, 0.1) is 0 Å². The molecular formula is C14H12N6O. The van der Waals surface area contributed by atoms with Crippen molar-refractivity contribution in [2.75, 3.05) is 4.90 Å². The van der Waals surface area contributed by atoms with Crippen LogP contribution >= 0.6 is 0 Å². The molecule has 0 bridgehead atoms. The van der Waals surface area contributed by atoms with E-state index in [1.165, 1.54) is 4.90 Å². The summed E-state index contributed by atoms with van der Waals surface area (Å²) in [6.07, 6.45) is 0. The summed E-state index contributed by atoms with van der Waals surface area (Å²) in [5.74, 6) is 0.396. The van der Waals surface area contributed by atoms with E-state index in [2.05, 4.69) is 20.6 Å². The van der Waals surface area contributed by atoms with E-state index in [0.717, 1.165) is 0 Å². The molecule has 2 aromatic carbocycles. The second-order valence-corrected chi connectivity index (χ2v) is 4.26. The van der Waals surface area contributed by atoms with Gasteiger partial charge in [0.25, 0.3) is 0 Å². The zero-order chi connectivity index (χ0) is 14.7. The molecule has 0 saturated carbocycles. The molecule has 0 radical (unpaired) electrons. The van der Waals surface area contributed by atoms with Crippen LogP contribution in [0.25, 0.3) is 11.4 Å². The first-order chi connectivity index (χ1) is 10.3. The third kappa shape index (κ3) is 2.44. The Morgan fingerprint density at radius 1 is 1.05 bits per heavy atom. The Morgan fingerprint density at radius 3 is 2.43 bits per heavy atom. The minimum Gasteiger partial charge on any atom is -0.351 e. The van der Waals surface area contributed by atoms with E-state index in [0.29, 0.717) is 22.8 Å². The Balaban J connectivity index is 2.16. The van der Waals surface area contributed by atoms with Crippen LogP contribution in [-0.2, 0) is 0 Å². The third-order valence-electron chi connectivity index (χ3n) is 2.97. The van der Waals surface area contributed by atoms with Gasteiger partial charge in [0.1, 0.15) is 0 Å². The summed E-state index contributed by atoms with van der Waals surface area (Å²) < 4.78 is 0. The maximum absolute atomic E-state index is 11.9. The van der Waals surface area contributed by atoms with Crippen molar-refractivity contribution in [3.63, 3.8) is 0 Å². The molecule has 2 amide bonds. The number of nitrogens with zero attached hydrogens (tertiary/aromatic N) is 4. The van der Waals surface area contributed by atoms with Crippen molar-refractivity contribution < 1.29 is 4.79 Å². The van der Waals surface area contributed by atoms with Crippen molar-refractivity contribution in [2.24, 2.45) is 5.73 Å². The summed E-state index contributed by atoms with van der Waals surface area (Å²) >= 11 is 0. The zero-order valence-corrected chi connectivity index (χ0v) is 11.0. The lowest BCUT2D eigenvalue weighted by Crippen LogP contribution is -2.31. The van der Waals surface area contributed by atoms with Crippen molar-refractivity contribution in [1.29, 1.82) is 0 Å². The van der Waals surface area contributed by atoms with Crippen molar-refractivity contribution >= 4 is 17.4 Å². The number of benzene rings is 2. The number of nitrogens with two attached hydrogens (primary N) is 1. The number of primary amides is 1. The monoisotopic (exact) mass is 280 g/mol. The Labute approximate surface area is 120 Å². The number of amides is 2. The summed E-state index contributed by atoms with van der Waals surface area (Å²) in [5, 5.41) is 13.9. The van der Waals surface area contributed by atoms with Crippen LogP contribution in [0.15, 0.2) is 54.6 Å². The first kappa shape index (κ1) is 12.8. The molecule has 1 aromatic heterocycles. The Morgan fingerprint density at radius 2 is 1.76 bits per heavy atom. The lowest BCUT2D eigenvalue weighted by Gasteiger charge is -2.22. The summed E-state index contributed by atoms with van der Waals surface area (Å²) in [6, 6.07) is 15.8. The van der Waals surface area contributed by atoms with Gasteiger partial charge in [-0.2, -0.15) is 5.21 Å². The molecule has 7 nitrogen and oxygen atoms in total. The molecule has 7 heteroatoms. The molecule has 3 aromatic rings. The molecule has 3 N–H and O–H groups in total. The zero-order valence-electron chi connectivity index (χ0n) is 11.0. The minimum absolute atomic E-state index is 0.396. The molecule has 0 fully saturated rings. The van der Waals surface area contributed by atoms with E-state index < -0.39 is 6.03 Å². The van der Waals surface area contributed by atoms with Crippen molar-refractivity contribution in [2.45, 2.75) is 0 Å². The van der Waals surface area contributed by atoms with Crippen molar-refractivity contribution in [3.05, 3.63) is 54.6 Å². The maximum Gasteiger partial charge on any atom is 0.323 e. The number of hydrogen-bond donors (Lipinski definition) is 2. The number of nitrogens with one attached hydrogen (secondary N) is 1. The number of urea groups is 1. The first-order valence-electron chi connectivity index (χ1n) is 6.25. The van der Waals surface area contributed by atoms with E-state index in [4.69, 9.17) is 5.73 Å². The van der Waals surface area contributed by atoms with Crippen LogP contribution < -0.4 is 10.6 Å². The molecule has 3 rings (SSSR count). The fourth-order valence-corrected chi connectivity index (χ4v) is 2.10. The van der Waals surface area contributed by atoms with Gasteiger partial charge < -0.3 is 5.73 Å². The fourth-order valence-electron chi connectivity index (χ4n) is 2.10. The van der Waals surface area contributed by atoms with Crippen molar-refractivity contribution in [3.8, 4) is 11.4 Å². The number of para-hydroxylation sites is 2. The molecule has 0 aliphatic rings. The highest BCUT2D eigenvalue weighted by Gasteiger charge is 2.20. The molecule has 0 aliphatic heterocycles. The molecule has 0 aliphatic carbocycles. The van der Waals surface area contributed by atoms with Crippen LogP contribution in [0.2, 0.25) is 0 Å². The quantitative estimate of drug-likeness (QED) is 0.767. The normalized spacial score (nSPS) is 10.3. The topological polar surface area (TPSA) is 101 Å². The van der Waals surface area contributed by atoms with E-state index >= 15 is 0 Å². The standard InChI is InChI=1S/C14H12N6O/c15-14(21)20(10-6-2-1-3-7-10)12-9-5-4-8-11(12)13-16-18-19-17-13/h1-9H,(H2,15,21)(H,16,17,18,19). The maximum atomic E-state index is 11.9. The van der Waals surface area contributed by atoms with Gasteiger partial charge in [-0.25, -0.2) is 4.79 Å². The number of carbonyl (C=O) groups is 1. The number of aromatic nitrogens is 4. The lowest BCUT2D eigenvalue weighted by atomic mass is 10.1.